The summed E-state index contributed by atoms with van der Waals surface area (Å²) in [6.07, 6.45) is 3.63. The smallest absolute Gasteiger partial charge is 0.316 e. The fraction of sp³-hybridized carbons (Fsp3) is 0.917. The second-order valence-corrected chi connectivity index (χ2v) is 4.70. The maximum absolute atomic E-state index is 11.3. The number of ether oxygens (including phenoxy) is 1. The number of carbonyl (C=O) groups is 1. The van der Waals surface area contributed by atoms with Crippen LogP contribution in [0, 0.1) is 0 Å². The third-order valence-corrected chi connectivity index (χ3v) is 3.06. The van der Waals surface area contributed by atoms with E-state index in [4.69, 9.17) is 4.74 Å². The lowest BCUT2D eigenvalue weighted by Gasteiger charge is -2.29. The van der Waals surface area contributed by atoms with Crippen LogP contribution in [-0.4, -0.2) is 56.9 Å². The monoisotopic (exact) mass is 243 g/mol. The van der Waals surface area contributed by atoms with Crippen molar-refractivity contribution in [2.75, 3.05) is 33.8 Å². The summed E-state index contributed by atoms with van der Waals surface area (Å²) in [5.41, 5.74) is 0. The maximum atomic E-state index is 11.3. The van der Waals surface area contributed by atoms with E-state index in [2.05, 4.69) is 17.6 Å². The van der Waals surface area contributed by atoms with Crippen LogP contribution < -0.4 is 10.6 Å². The van der Waals surface area contributed by atoms with E-state index in [1.54, 1.807) is 19.0 Å². The second kappa shape index (κ2) is 7.50. The highest BCUT2D eigenvalue weighted by Crippen LogP contribution is 2.15. The molecule has 100 valence electrons. The molecule has 0 spiro atoms. The molecule has 1 fully saturated rings. The number of carbonyl (C=O) groups excluding carboxylic acids is 1. The van der Waals surface area contributed by atoms with Gasteiger partial charge in [-0.25, -0.2) is 4.79 Å². The second-order valence-electron chi connectivity index (χ2n) is 4.70. The van der Waals surface area contributed by atoms with Crippen LogP contribution in [0.4, 0.5) is 4.79 Å². The van der Waals surface area contributed by atoms with E-state index in [0.29, 0.717) is 18.7 Å². The zero-order valence-electron chi connectivity index (χ0n) is 11.2. The van der Waals surface area contributed by atoms with Gasteiger partial charge >= 0.3 is 6.03 Å². The molecule has 0 saturated carbocycles. The Morgan fingerprint density at radius 2 is 2.18 bits per heavy atom. The third-order valence-electron chi connectivity index (χ3n) is 3.06. The van der Waals surface area contributed by atoms with Crippen molar-refractivity contribution in [2.24, 2.45) is 0 Å². The lowest BCUT2D eigenvalue weighted by atomic mass is 10.0. The lowest BCUT2D eigenvalue weighted by Crippen LogP contribution is -2.43. The molecule has 5 heteroatoms. The SMILES string of the molecule is CCC1CC(NCCNC(=O)N(C)C)CCO1. The quantitative estimate of drug-likeness (QED) is 0.702. The topological polar surface area (TPSA) is 53.6 Å². The lowest BCUT2D eigenvalue weighted by molar-refractivity contribution is 0.000130. The molecule has 0 aliphatic carbocycles. The predicted molar refractivity (Wildman–Crippen MR) is 68.1 cm³/mol. The molecule has 1 aliphatic rings. The average molecular weight is 243 g/mol. The van der Waals surface area contributed by atoms with Crippen molar-refractivity contribution >= 4 is 6.03 Å². The Labute approximate surface area is 104 Å². The Morgan fingerprint density at radius 3 is 2.82 bits per heavy atom. The molecule has 0 radical (unpaired) electrons. The van der Waals surface area contributed by atoms with Crippen molar-refractivity contribution in [3.63, 3.8) is 0 Å². The standard InChI is InChI=1S/C12H25N3O2/c1-4-11-9-10(5-8-17-11)13-6-7-14-12(16)15(2)3/h10-11,13H,4-9H2,1-3H3,(H,14,16). The van der Waals surface area contributed by atoms with E-state index in [1.807, 2.05) is 0 Å². The zero-order chi connectivity index (χ0) is 12.7. The Bertz CT molecular complexity index is 234. The molecular formula is C12H25N3O2. The summed E-state index contributed by atoms with van der Waals surface area (Å²) >= 11 is 0. The molecule has 1 heterocycles. The van der Waals surface area contributed by atoms with Gasteiger partial charge in [0.05, 0.1) is 6.10 Å². The Morgan fingerprint density at radius 1 is 1.41 bits per heavy atom. The van der Waals surface area contributed by atoms with Gasteiger partial charge in [0.1, 0.15) is 0 Å². The summed E-state index contributed by atoms with van der Waals surface area (Å²) in [6.45, 7) is 4.50. The molecule has 0 aromatic heterocycles. The first-order valence-corrected chi connectivity index (χ1v) is 6.43. The van der Waals surface area contributed by atoms with E-state index < -0.39 is 0 Å². The van der Waals surface area contributed by atoms with E-state index >= 15 is 0 Å². The number of rotatable bonds is 5. The molecule has 1 rings (SSSR count). The van der Waals surface area contributed by atoms with Gasteiger partial charge < -0.3 is 20.3 Å². The molecule has 0 aromatic rings. The maximum Gasteiger partial charge on any atom is 0.316 e. The first-order chi connectivity index (χ1) is 8.13. The molecule has 0 aromatic carbocycles. The molecule has 2 atom stereocenters. The molecule has 2 N–H and O–H groups in total. The number of urea groups is 1. The van der Waals surface area contributed by atoms with Crippen LogP contribution in [0.3, 0.4) is 0 Å². The Balaban J connectivity index is 2.08. The minimum atomic E-state index is -0.0368. The van der Waals surface area contributed by atoms with E-state index in [9.17, 15) is 4.79 Å². The van der Waals surface area contributed by atoms with Crippen LogP contribution in [-0.2, 0) is 4.74 Å². The van der Waals surface area contributed by atoms with Crippen molar-refractivity contribution < 1.29 is 9.53 Å². The van der Waals surface area contributed by atoms with Crippen molar-refractivity contribution in [3.8, 4) is 0 Å². The van der Waals surface area contributed by atoms with E-state index in [1.165, 1.54) is 0 Å². The van der Waals surface area contributed by atoms with Crippen molar-refractivity contribution in [1.82, 2.24) is 15.5 Å². The van der Waals surface area contributed by atoms with Gasteiger partial charge in [0, 0.05) is 39.8 Å². The minimum Gasteiger partial charge on any atom is -0.378 e. The fourth-order valence-corrected chi connectivity index (χ4v) is 1.95. The molecule has 1 aliphatic heterocycles. The van der Waals surface area contributed by atoms with E-state index in [0.717, 1.165) is 32.4 Å². The fourth-order valence-electron chi connectivity index (χ4n) is 1.95. The molecule has 0 bridgehead atoms. The highest BCUT2D eigenvalue weighted by atomic mass is 16.5. The molecular weight excluding hydrogens is 218 g/mol. The number of nitrogens with zero attached hydrogens (tertiary/aromatic N) is 1. The summed E-state index contributed by atoms with van der Waals surface area (Å²) in [5.74, 6) is 0. The Hall–Kier alpha value is -0.810. The minimum absolute atomic E-state index is 0.0368. The van der Waals surface area contributed by atoms with Gasteiger partial charge in [0.25, 0.3) is 0 Å². The number of hydrogen-bond donors (Lipinski definition) is 2. The zero-order valence-corrected chi connectivity index (χ0v) is 11.2. The van der Waals surface area contributed by atoms with Gasteiger partial charge in [0.2, 0.25) is 0 Å². The van der Waals surface area contributed by atoms with Gasteiger partial charge in [-0.2, -0.15) is 0 Å². The van der Waals surface area contributed by atoms with Gasteiger partial charge in [0.15, 0.2) is 0 Å². The van der Waals surface area contributed by atoms with Crippen molar-refractivity contribution in [3.05, 3.63) is 0 Å². The summed E-state index contributed by atoms with van der Waals surface area (Å²) in [5, 5.41) is 6.31. The first-order valence-electron chi connectivity index (χ1n) is 6.43. The first kappa shape index (κ1) is 14.3. The van der Waals surface area contributed by atoms with Crippen LogP contribution in [0.15, 0.2) is 0 Å². The number of amides is 2. The van der Waals surface area contributed by atoms with Crippen LogP contribution in [0.2, 0.25) is 0 Å². The number of nitrogens with one attached hydrogen (secondary N) is 2. The van der Waals surface area contributed by atoms with Crippen LogP contribution in [0.25, 0.3) is 0 Å². The molecule has 17 heavy (non-hydrogen) atoms. The molecule has 2 unspecified atom stereocenters. The summed E-state index contributed by atoms with van der Waals surface area (Å²) in [4.78, 5) is 12.8. The number of hydrogen-bond acceptors (Lipinski definition) is 3. The van der Waals surface area contributed by atoms with Gasteiger partial charge in [-0.1, -0.05) is 6.92 Å². The van der Waals surface area contributed by atoms with Gasteiger partial charge in [-0.3, -0.25) is 0 Å². The van der Waals surface area contributed by atoms with E-state index in [-0.39, 0.29) is 6.03 Å². The summed E-state index contributed by atoms with van der Waals surface area (Å²) in [7, 11) is 3.49. The average Bonchev–Trinajstić information content (AvgIpc) is 2.34. The highest BCUT2D eigenvalue weighted by molar-refractivity contribution is 5.73. The van der Waals surface area contributed by atoms with Crippen LogP contribution in [0.1, 0.15) is 26.2 Å². The van der Waals surface area contributed by atoms with Gasteiger partial charge in [-0.05, 0) is 19.3 Å². The van der Waals surface area contributed by atoms with Crippen LogP contribution in [0.5, 0.6) is 0 Å². The van der Waals surface area contributed by atoms with Crippen molar-refractivity contribution in [2.45, 2.75) is 38.3 Å². The van der Waals surface area contributed by atoms with Crippen LogP contribution >= 0.6 is 0 Å². The largest absolute Gasteiger partial charge is 0.378 e. The third kappa shape index (κ3) is 5.37. The predicted octanol–water partition coefficient (Wildman–Crippen LogP) is 0.805. The highest BCUT2D eigenvalue weighted by Gasteiger charge is 2.20. The molecule has 2 amide bonds. The van der Waals surface area contributed by atoms with Gasteiger partial charge in [-0.15, -0.1) is 0 Å². The Kier molecular flexibility index (Phi) is 6.29. The summed E-state index contributed by atoms with van der Waals surface area (Å²) in [6, 6.07) is 0.496. The molecule has 1 saturated heterocycles. The van der Waals surface area contributed by atoms with Crippen molar-refractivity contribution in [1.29, 1.82) is 0 Å². The molecule has 5 nitrogen and oxygen atoms in total. The summed E-state index contributed by atoms with van der Waals surface area (Å²) < 4.78 is 5.62. The normalized spacial score (nSPS) is 24.4.